The molecule has 2 aromatic carbocycles. The van der Waals surface area contributed by atoms with Crippen molar-refractivity contribution in [3.63, 3.8) is 0 Å². The Morgan fingerprint density at radius 2 is 1.81 bits per heavy atom. The highest BCUT2D eigenvalue weighted by molar-refractivity contribution is 5.85. The molecule has 0 aliphatic rings. The minimum atomic E-state index is -0.416. The van der Waals surface area contributed by atoms with E-state index in [1.165, 1.54) is 12.1 Å². The molecule has 4 aromatic rings. The second-order valence-corrected chi connectivity index (χ2v) is 5.69. The van der Waals surface area contributed by atoms with E-state index >= 15 is 0 Å². The lowest BCUT2D eigenvalue weighted by molar-refractivity contribution is -0.384. The monoisotopic (exact) mass is 342 g/mol. The molecule has 0 radical (unpaired) electrons. The van der Waals surface area contributed by atoms with Gasteiger partial charge in [0.15, 0.2) is 5.82 Å². The molecule has 0 bridgehead atoms. The van der Waals surface area contributed by atoms with Gasteiger partial charge < -0.3 is 0 Å². The lowest BCUT2D eigenvalue weighted by Gasteiger charge is -2.00. The van der Waals surface area contributed by atoms with Crippen LogP contribution in [0.3, 0.4) is 0 Å². The van der Waals surface area contributed by atoms with Gasteiger partial charge in [-0.3, -0.25) is 14.5 Å². The van der Waals surface area contributed by atoms with Crippen molar-refractivity contribution in [1.29, 1.82) is 0 Å². The molecule has 0 unspecified atom stereocenters. The Labute approximate surface area is 149 Å². The molecule has 0 aliphatic heterocycles. The Hall–Kier alpha value is -3.80. The predicted molar refractivity (Wildman–Crippen MR) is 101 cm³/mol. The fraction of sp³-hybridized carbons (Fsp3) is 0. The van der Waals surface area contributed by atoms with Crippen molar-refractivity contribution < 1.29 is 4.92 Å². The zero-order valence-corrected chi connectivity index (χ0v) is 13.7. The summed E-state index contributed by atoms with van der Waals surface area (Å²) in [5, 5.41) is 10.9. The molecule has 126 valence electrons. The fourth-order valence-corrected chi connectivity index (χ4v) is 2.75. The van der Waals surface area contributed by atoms with Gasteiger partial charge in [0.1, 0.15) is 11.3 Å². The topological polar surface area (TPSA) is 72.8 Å². The van der Waals surface area contributed by atoms with Gasteiger partial charge in [0.2, 0.25) is 0 Å². The smallest absolute Gasteiger partial charge is 0.270 e. The quantitative estimate of drug-likeness (QED) is 0.307. The summed E-state index contributed by atoms with van der Waals surface area (Å²) in [7, 11) is 0. The van der Waals surface area contributed by atoms with Crippen molar-refractivity contribution in [2.24, 2.45) is 4.99 Å². The summed E-state index contributed by atoms with van der Waals surface area (Å²) in [6.45, 7) is 0. The average Bonchev–Trinajstić information content (AvgIpc) is 3.06. The third-order valence-corrected chi connectivity index (χ3v) is 3.97. The third kappa shape index (κ3) is 2.95. The number of nitrogens with zero attached hydrogens (tertiary/aromatic N) is 4. The summed E-state index contributed by atoms with van der Waals surface area (Å²) in [6, 6.07) is 21.9. The van der Waals surface area contributed by atoms with Gasteiger partial charge in [-0.2, -0.15) is 0 Å². The van der Waals surface area contributed by atoms with Crippen molar-refractivity contribution in [3.8, 4) is 11.3 Å². The number of non-ortho nitro benzene ring substituents is 1. The van der Waals surface area contributed by atoms with Crippen LogP contribution >= 0.6 is 0 Å². The van der Waals surface area contributed by atoms with Gasteiger partial charge in [0.25, 0.3) is 5.69 Å². The molecule has 0 saturated heterocycles. The van der Waals surface area contributed by atoms with Crippen LogP contribution in [0.25, 0.3) is 16.9 Å². The SMILES string of the molecule is O=[N+]([O-])c1cccc(/C=N/c2c(-c3ccccc3)nc3ccccn23)c1. The number of nitro benzene ring substituents is 1. The van der Waals surface area contributed by atoms with Crippen molar-refractivity contribution in [2.75, 3.05) is 0 Å². The molecule has 0 N–H and O–H groups in total. The van der Waals surface area contributed by atoms with Crippen LogP contribution in [0.2, 0.25) is 0 Å². The molecule has 2 aromatic heterocycles. The second-order valence-electron chi connectivity index (χ2n) is 5.69. The summed E-state index contributed by atoms with van der Waals surface area (Å²) >= 11 is 0. The number of hydrogen-bond donors (Lipinski definition) is 0. The highest BCUT2D eigenvalue weighted by atomic mass is 16.6. The maximum atomic E-state index is 10.9. The Morgan fingerprint density at radius 3 is 2.62 bits per heavy atom. The summed E-state index contributed by atoms with van der Waals surface area (Å²) in [5.41, 5.74) is 3.21. The summed E-state index contributed by atoms with van der Waals surface area (Å²) in [6.07, 6.45) is 3.52. The number of fused-ring (bicyclic) bond motifs is 1. The predicted octanol–water partition coefficient (Wildman–Crippen LogP) is 4.66. The van der Waals surface area contributed by atoms with Crippen LogP contribution in [-0.4, -0.2) is 20.5 Å². The zero-order chi connectivity index (χ0) is 17.9. The van der Waals surface area contributed by atoms with Crippen molar-refractivity contribution in [2.45, 2.75) is 0 Å². The number of rotatable bonds is 4. The van der Waals surface area contributed by atoms with Crippen molar-refractivity contribution in [1.82, 2.24) is 9.38 Å². The number of benzene rings is 2. The molecule has 4 rings (SSSR count). The highest BCUT2D eigenvalue weighted by Gasteiger charge is 2.12. The maximum Gasteiger partial charge on any atom is 0.270 e. The normalized spacial score (nSPS) is 11.2. The first-order valence-corrected chi connectivity index (χ1v) is 8.03. The number of aliphatic imine (C=N–C) groups is 1. The van der Waals surface area contributed by atoms with Gasteiger partial charge in [0, 0.05) is 30.1 Å². The molecule has 6 heteroatoms. The van der Waals surface area contributed by atoms with Gasteiger partial charge in [0.05, 0.1) is 4.92 Å². The summed E-state index contributed by atoms with van der Waals surface area (Å²) in [4.78, 5) is 19.8. The van der Waals surface area contributed by atoms with Crippen molar-refractivity contribution >= 4 is 23.4 Å². The van der Waals surface area contributed by atoms with E-state index in [9.17, 15) is 10.1 Å². The van der Waals surface area contributed by atoms with E-state index in [0.29, 0.717) is 11.4 Å². The van der Waals surface area contributed by atoms with E-state index in [1.54, 1.807) is 18.3 Å². The highest BCUT2D eigenvalue weighted by Crippen LogP contribution is 2.30. The molecule has 0 fully saturated rings. The van der Waals surface area contributed by atoms with Crippen LogP contribution in [0, 0.1) is 10.1 Å². The van der Waals surface area contributed by atoms with E-state index in [2.05, 4.69) is 9.98 Å². The van der Waals surface area contributed by atoms with E-state index in [-0.39, 0.29) is 5.69 Å². The number of nitro groups is 1. The minimum absolute atomic E-state index is 0.0374. The maximum absolute atomic E-state index is 10.9. The van der Waals surface area contributed by atoms with Crippen LogP contribution in [0.1, 0.15) is 5.56 Å². The van der Waals surface area contributed by atoms with E-state index < -0.39 is 4.92 Å². The van der Waals surface area contributed by atoms with Gasteiger partial charge in [-0.05, 0) is 17.7 Å². The number of aromatic nitrogens is 2. The molecule has 0 saturated carbocycles. The summed E-state index contributed by atoms with van der Waals surface area (Å²) < 4.78 is 1.90. The molecule has 0 atom stereocenters. The molecule has 2 heterocycles. The van der Waals surface area contributed by atoms with Crippen molar-refractivity contribution in [3.05, 3.63) is 94.7 Å². The van der Waals surface area contributed by atoms with Gasteiger partial charge in [-0.25, -0.2) is 9.98 Å². The largest absolute Gasteiger partial charge is 0.284 e. The van der Waals surface area contributed by atoms with Crippen LogP contribution in [0.15, 0.2) is 84.0 Å². The third-order valence-electron chi connectivity index (χ3n) is 3.97. The van der Waals surface area contributed by atoms with Gasteiger partial charge >= 0.3 is 0 Å². The Bertz CT molecular complexity index is 1120. The molecule has 26 heavy (non-hydrogen) atoms. The molecular weight excluding hydrogens is 328 g/mol. The average molecular weight is 342 g/mol. The minimum Gasteiger partial charge on any atom is -0.284 e. The van der Waals surface area contributed by atoms with Crippen LogP contribution in [-0.2, 0) is 0 Å². The zero-order valence-electron chi connectivity index (χ0n) is 13.7. The van der Waals surface area contributed by atoms with E-state index in [0.717, 1.165) is 16.9 Å². The number of pyridine rings is 1. The second kappa shape index (κ2) is 6.60. The lowest BCUT2D eigenvalue weighted by atomic mass is 10.1. The molecule has 0 amide bonds. The molecule has 0 spiro atoms. The standard InChI is InChI=1S/C20H14N4O2/c25-24(26)17-10-6-7-15(13-17)14-21-20-19(16-8-2-1-3-9-16)22-18-11-4-5-12-23(18)20/h1-14H/b21-14+. The fourth-order valence-electron chi connectivity index (χ4n) is 2.75. The van der Waals surface area contributed by atoms with Crippen LogP contribution in [0.5, 0.6) is 0 Å². The number of hydrogen-bond acceptors (Lipinski definition) is 4. The summed E-state index contributed by atoms with van der Waals surface area (Å²) in [5.74, 6) is 0.679. The Balaban J connectivity index is 1.83. The molecule has 0 aliphatic carbocycles. The first kappa shape index (κ1) is 15.7. The Morgan fingerprint density at radius 1 is 1.00 bits per heavy atom. The van der Waals surface area contributed by atoms with Gasteiger partial charge in [-0.15, -0.1) is 0 Å². The first-order chi connectivity index (χ1) is 12.7. The molecular formula is C20H14N4O2. The lowest BCUT2D eigenvalue weighted by Crippen LogP contribution is -1.90. The van der Waals surface area contributed by atoms with E-state index in [4.69, 9.17) is 0 Å². The Kier molecular flexibility index (Phi) is 3.99. The van der Waals surface area contributed by atoms with Crippen LogP contribution in [0.4, 0.5) is 11.5 Å². The first-order valence-electron chi connectivity index (χ1n) is 8.03. The van der Waals surface area contributed by atoms with Gasteiger partial charge in [-0.1, -0.05) is 48.5 Å². The molecule has 6 nitrogen and oxygen atoms in total. The van der Waals surface area contributed by atoms with E-state index in [1.807, 2.05) is 59.1 Å². The number of imidazole rings is 1. The van der Waals surface area contributed by atoms with Crippen LogP contribution < -0.4 is 0 Å².